The van der Waals surface area contributed by atoms with Gasteiger partial charge in [-0.2, -0.15) is 0 Å². The van der Waals surface area contributed by atoms with E-state index in [4.69, 9.17) is 4.42 Å². The minimum Gasteiger partial charge on any atom is -0.442 e. The number of fused-ring (bicyclic) bond motifs is 1. The predicted octanol–water partition coefficient (Wildman–Crippen LogP) is 0.665. The third-order valence-electron chi connectivity index (χ3n) is 3.32. The Morgan fingerprint density at radius 2 is 2.29 bits per heavy atom. The van der Waals surface area contributed by atoms with Gasteiger partial charge in [0.25, 0.3) is 5.89 Å². The van der Waals surface area contributed by atoms with Crippen molar-refractivity contribution in [2.75, 3.05) is 20.1 Å². The second kappa shape index (κ2) is 2.67. The van der Waals surface area contributed by atoms with Gasteiger partial charge in [0.05, 0.1) is 6.20 Å². The van der Waals surface area contributed by atoms with Crippen LogP contribution in [0.5, 0.6) is 0 Å². The first-order valence-electron chi connectivity index (χ1n) is 4.89. The maximum absolute atomic E-state index is 11.8. The molecule has 3 rings (SSSR count). The van der Waals surface area contributed by atoms with Gasteiger partial charge in [-0.1, -0.05) is 0 Å². The molecule has 1 saturated carbocycles. The van der Waals surface area contributed by atoms with E-state index in [1.807, 2.05) is 0 Å². The van der Waals surface area contributed by atoms with Gasteiger partial charge in [-0.05, 0) is 18.9 Å². The molecule has 0 spiro atoms. The van der Waals surface area contributed by atoms with Crippen LogP contribution in [0.15, 0.2) is 16.9 Å². The highest BCUT2D eigenvalue weighted by Gasteiger charge is 2.59. The summed E-state index contributed by atoms with van der Waals surface area (Å²) in [6.07, 6.45) is 2.98. The highest BCUT2D eigenvalue weighted by atomic mass is 16.3. The second-order valence-electron chi connectivity index (χ2n) is 4.28. The molecule has 4 nitrogen and oxygen atoms in total. The predicted molar refractivity (Wildman–Crippen MR) is 48.8 cm³/mol. The summed E-state index contributed by atoms with van der Waals surface area (Å²) in [5.41, 5.74) is 0. The molecule has 2 aliphatic rings. The molecule has 1 saturated heterocycles. The largest absolute Gasteiger partial charge is 0.442 e. The number of aromatic nitrogens is 1. The Hall–Kier alpha value is -1.16. The van der Waals surface area contributed by atoms with Gasteiger partial charge in [-0.15, -0.1) is 0 Å². The summed E-state index contributed by atoms with van der Waals surface area (Å²) >= 11 is 0. The van der Waals surface area contributed by atoms with Crippen molar-refractivity contribution in [2.24, 2.45) is 17.8 Å². The van der Waals surface area contributed by atoms with Crippen LogP contribution in [-0.4, -0.2) is 35.8 Å². The Morgan fingerprint density at radius 1 is 1.57 bits per heavy atom. The monoisotopic (exact) mass is 192 g/mol. The number of carbonyl (C=O) groups is 1. The topological polar surface area (TPSA) is 46.3 Å². The highest BCUT2D eigenvalue weighted by Crippen LogP contribution is 2.52. The molecule has 0 aromatic carbocycles. The molecule has 0 bridgehead atoms. The molecule has 2 atom stereocenters. The summed E-state index contributed by atoms with van der Waals surface area (Å²) in [5.74, 6) is 1.67. The summed E-state index contributed by atoms with van der Waals surface area (Å²) in [7, 11) is 2.10. The quantitative estimate of drug-likeness (QED) is 0.646. The maximum atomic E-state index is 11.8. The van der Waals surface area contributed by atoms with E-state index in [0.717, 1.165) is 13.1 Å². The number of Topliss-reactive ketones (excluding diaryl/α,β-unsaturated/α-hetero) is 1. The van der Waals surface area contributed by atoms with Gasteiger partial charge >= 0.3 is 0 Å². The molecule has 1 aliphatic heterocycles. The Labute approximate surface area is 81.9 Å². The van der Waals surface area contributed by atoms with Crippen molar-refractivity contribution in [1.29, 1.82) is 0 Å². The van der Waals surface area contributed by atoms with Crippen LogP contribution in [0.1, 0.15) is 10.7 Å². The summed E-state index contributed by atoms with van der Waals surface area (Å²) < 4.78 is 5.01. The third kappa shape index (κ3) is 1.04. The molecule has 2 heterocycles. The first kappa shape index (κ1) is 8.17. The van der Waals surface area contributed by atoms with Crippen LogP contribution in [0.3, 0.4) is 0 Å². The molecule has 1 aromatic rings. The average Bonchev–Trinajstić information content (AvgIpc) is 2.62. The van der Waals surface area contributed by atoms with Crippen LogP contribution in [0.2, 0.25) is 0 Å². The fourth-order valence-electron chi connectivity index (χ4n) is 2.61. The zero-order valence-electron chi connectivity index (χ0n) is 8.01. The number of hydrogen-bond acceptors (Lipinski definition) is 4. The number of oxazole rings is 1. The number of nitrogens with zero attached hydrogens (tertiary/aromatic N) is 2. The molecule has 1 aromatic heterocycles. The van der Waals surface area contributed by atoms with E-state index in [0.29, 0.717) is 11.8 Å². The van der Waals surface area contributed by atoms with Gasteiger partial charge in [0.1, 0.15) is 6.26 Å². The molecule has 0 N–H and O–H groups in total. The number of carbonyl (C=O) groups excluding carboxylic acids is 1. The lowest BCUT2D eigenvalue weighted by Crippen LogP contribution is -2.22. The van der Waals surface area contributed by atoms with E-state index in [1.54, 1.807) is 0 Å². The van der Waals surface area contributed by atoms with Crippen LogP contribution < -0.4 is 0 Å². The van der Waals surface area contributed by atoms with Crippen LogP contribution >= 0.6 is 0 Å². The first-order valence-corrected chi connectivity index (χ1v) is 4.89. The molecule has 2 fully saturated rings. The number of ketones is 1. The Kier molecular flexibility index (Phi) is 1.56. The second-order valence-corrected chi connectivity index (χ2v) is 4.28. The highest BCUT2D eigenvalue weighted by molar-refractivity contribution is 5.96. The molecule has 1 aliphatic carbocycles. The lowest BCUT2D eigenvalue weighted by Gasteiger charge is -2.10. The zero-order chi connectivity index (χ0) is 9.71. The Balaban J connectivity index is 1.73. The summed E-state index contributed by atoms with van der Waals surface area (Å²) in [6, 6.07) is 0. The van der Waals surface area contributed by atoms with Gasteiger partial charge in [-0.3, -0.25) is 4.79 Å². The van der Waals surface area contributed by atoms with E-state index in [9.17, 15) is 4.79 Å². The van der Waals surface area contributed by atoms with Crippen molar-refractivity contribution < 1.29 is 9.21 Å². The SMILES string of the molecule is CN1CC2C(C1)C2C(=O)c1ncco1. The van der Waals surface area contributed by atoms with Crippen LogP contribution in [-0.2, 0) is 0 Å². The van der Waals surface area contributed by atoms with Crippen LogP contribution in [0.25, 0.3) is 0 Å². The van der Waals surface area contributed by atoms with E-state index < -0.39 is 0 Å². The smallest absolute Gasteiger partial charge is 0.263 e. The molecular weight excluding hydrogens is 180 g/mol. The summed E-state index contributed by atoms with van der Waals surface area (Å²) in [6.45, 7) is 2.09. The van der Waals surface area contributed by atoms with Gasteiger partial charge in [0, 0.05) is 19.0 Å². The Bertz CT molecular complexity index is 348. The zero-order valence-corrected chi connectivity index (χ0v) is 8.01. The summed E-state index contributed by atoms with van der Waals surface area (Å²) in [4.78, 5) is 18.0. The fraction of sp³-hybridized carbons (Fsp3) is 0.600. The minimum atomic E-state index is 0.0955. The maximum Gasteiger partial charge on any atom is 0.263 e. The lowest BCUT2D eigenvalue weighted by molar-refractivity contribution is 0.0909. The van der Waals surface area contributed by atoms with E-state index >= 15 is 0 Å². The standard InChI is InChI=1S/C10H12N2O2/c1-12-4-6-7(5-12)8(6)9(13)10-11-2-3-14-10/h2-3,6-8H,4-5H2,1H3. The summed E-state index contributed by atoms with van der Waals surface area (Å²) in [5, 5.41) is 0. The first-order chi connectivity index (χ1) is 6.77. The lowest BCUT2D eigenvalue weighted by atomic mass is 10.2. The molecule has 0 radical (unpaired) electrons. The van der Waals surface area contributed by atoms with Gasteiger partial charge in [-0.25, -0.2) is 4.98 Å². The molecule has 74 valence electrons. The number of piperidine rings is 1. The molecular formula is C10H12N2O2. The minimum absolute atomic E-state index is 0.0955. The van der Waals surface area contributed by atoms with E-state index in [2.05, 4.69) is 16.9 Å². The molecule has 14 heavy (non-hydrogen) atoms. The van der Waals surface area contributed by atoms with Crippen LogP contribution in [0, 0.1) is 17.8 Å². The van der Waals surface area contributed by atoms with Crippen molar-refractivity contribution in [2.45, 2.75) is 0 Å². The molecule has 2 unspecified atom stereocenters. The van der Waals surface area contributed by atoms with E-state index in [-0.39, 0.29) is 17.6 Å². The molecule has 0 amide bonds. The molecule has 4 heteroatoms. The fourth-order valence-corrected chi connectivity index (χ4v) is 2.61. The normalized spacial score (nSPS) is 35.6. The third-order valence-corrected chi connectivity index (χ3v) is 3.32. The van der Waals surface area contributed by atoms with Crippen LogP contribution in [0.4, 0.5) is 0 Å². The van der Waals surface area contributed by atoms with E-state index in [1.165, 1.54) is 12.5 Å². The van der Waals surface area contributed by atoms with Crippen molar-refractivity contribution in [3.05, 3.63) is 18.4 Å². The van der Waals surface area contributed by atoms with Crippen molar-refractivity contribution >= 4 is 5.78 Å². The van der Waals surface area contributed by atoms with Gasteiger partial charge in [0.2, 0.25) is 5.78 Å². The van der Waals surface area contributed by atoms with Crippen molar-refractivity contribution in [3.8, 4) is 0 Å². The van der Waals surface area contributed by atoms with Crippen molar-refractivity contribution in [1.82, 2.24) is 9.88 Å². The van der Waals surface area contributed by atoms with Gasteiger partial charge in [0.15, 0.2) is 0 Å². The van der Waals surface area contributed by atoms with Gasteiger partial charge < -0.3 is 9.32 Å². The number of hydrogen-bond donors (Lipinski definition) is 0. The average molecular weight is 192 g/mol. The van der Waals surface area contributed by atoms with Crippen molar-refractivity contribution in [3.63, 3.8) is 0 Å². The Morgan fingerprint density at radius 3 is 2.86 bits per heavy atom. The number of rotatable bonds is 2. The number of likely N-dealkylation sites (tertiary alicyclic amines) is 1.